The summed E-state index contributed by atoms with van der Waals surface area (Å²) in [6.45, 7) is 6.45. The highest BCUT2D eigenvalue weighted by molar-refractivity contribution is 6.15. The summed E-state index contributed by atoms with van der Waals surface area (Å²) in [7, 11) is 1.68. The molecule has 0 aromatic heterocycles. The van der Waals surface area contributed by atoms with Gasteiger partial charge in [-0.15, -0.1) is 0 Å². The monoisotopic (exact) mass is 324 g/mol. The van der Waals surface area contributed by atoms with E-state index < -0.39 is 5.92 Å². The Labute approximate surface area is 143 Å². The second-order valence-electron chi connectivity index (χ2n) is 6.71. The van der Waals surface area contributed by atoms with Crippen molar-refractivity contribution in [1.29, 1.82) is 0 Å². The third kappa shape index (κ3) is 3.98. The van der Waals surface area contributed by atoms with Gasteiger partial charge in [0.2, 0.25) is 0 Å². The van der Waals surface area contributed by atoms with E-state index in [1.807, 2.05) is 18.2 Å². The van der Waals surface area contributed by atoms with Gasteiger partial charge in [-0.05, 0) is 12.5 Å². The molecular formula is C21H24O3. The van der Waals surface area contributed by atoms with Crippen LogP contribution in [0.2, 0.25) is 0 Å². The molecule has 0 fully saturated rings. The molecule has 2 aromatic rings. The Bertz CT molecular complexity index is 700. The van der Waals surface area contributed by atoms with E-state index in [2.05, 4.69) is 13.8 Å². The lowest BCUT2D eigenvalue weighted by Gasteiger charge is -2.24. The standard InChI is InChI=1S/C21H24O3/c1-15(19(22)16-8-6-5-7-9-16)20(23)17-10-12-18(13-11-17)21(2,3)14-24-4/h5-13,15H,14H2,1-4H3. The van der Waals surface area contributed by atoms with Crippen molar-refractivity contribution in [2.45, 2.75) is 26.2 Å². The van der Waals surface area contributed by atoms with Crippen LogP contribution in [0.1, 0.15) is 47.1 Å². The molecule has 1 atom stereocenters. The number of ether oxygens (including phenoxy) is 1. The van der Waals surface area contributed by atoms with Gasteiger partial charge in [0.15, 0.2) is 11.6 Å². The van der Waals surface area contributed by atoms with Crippen molar-refractivity contribution in [3.63, 3.8) is 0 Å². The highest BCUT2D eigenvalue weighted by atomic mass is 16.5. The molecular weight excluding hydrogens is 300 g/mol. The highest BCUT2D eigenvalue weighted by Gasteiger charge is 2.25. The summed E-state index contributed by atoms with van der Waals surface area (Å²) >= 11 is 0. The van der Waals surface area contributed by atoms with Gasteiger partial charge in [0.25, 0.3) is 0 Å². The largest absolute Gasteiger partial charge is 0.384 e. The van der Waals surface area contributed by atoms with Crippen molar-refractivity contribution in [2.75, 3.05) is 13.7 Å². The van der Waals surface area contributed by atoms with Gasteiger partial charge < -0.3 is 4.74 Å². The van der Waals surface area contributed by atoms with Crippen LogP contribution in [0.5, 0.6) is 0 Å². The Kier molecular flexibility index (Phi) is 5.68. The lowest BCUT2D eigenvalue weighted by atomic mass is 9.84. The Hall–Kier alpha value is -2.26. The van der Waals surface area contributed by atoms with E-state index in [9.17, 15) is 9.59 Å². The first-order valence-corrected chi connectivity index (χ1v) is 8.10. The molecule has 0 saturated heterocycles. The third-order valence-electron chi connectivity index (χ3n) is 4.30. The van der Waals surface area contributed by atoms with Crippen LogP contribution in [0.15, 0.2) is 54.6 Å². The van der Waals surface area contributed by atoms with E-state index in [0.29, 0.717) is 17.7 Å². The first-order valence-electron chi connectivity index (χ1n) is 8.10. The number of Topliss-reactive ketones (excluding diaryl/α,β-unsaturated/α-hetero) is 2. The lowest BCUT2D eigenvalue weighted by molar-refractivity contribution is 0.0820. The third-order valence-corrected chi connectivity index (χ3v) is 4.30. The van der Waals surface area contributed by atoms with Crippen LogP contribution in [0.3, 0.4) is 0 Å². The lowest BCUT2D eigenvalue weighted by Crippen LogP contribution is -2.24. The first kappa shape index (κ1) is 18.1. The molecule has 1 unspecified atom stereocenters. The van der Waals surface area contributed by atoms with Crippen LogP contribution in [0.4, 0.5) is 0 Å². The molecule has 3 nitrogen and oxygen atoms in total. The van der Waals surface area contributed by atoms with Gasteiger partial charge >= 0.3 is 0 Å². The number of benzene rings is 2. The Morgan fingerprint density at radius 3 is 1.92 bits per heavy atom. The van der Waals surface area contributed by atoms with Crippen molar-refractivity contribution >= 4 is 11.6 Å². The minimum atomic E-state index is -0.690. The molecule has 0 aliphatic rings. The normalized spacial score (nSPS) is 12.7. The Morgan fingerprint density at radius 1 is 0.917 bits per heavy atom. The maximum Gasteiger partial charge on any atom is 0.173 e. The highest BCUT2D eigenvalue weighted by Crippen LogP contribution is 2.24. The van der Waals surface area contributed by atoms with Gasteiger partial charge in [-0.1, -0.05) is 68.4 Å². The quantitative estimate of drug-likeness (QED) is 0.563. The predicted octanol–water partition coefficient (Wildman–Crippen LogP) is 4.31. The topological polar surface area (TPSA) is 43.4 Å². The molecule has 126 valence electrons. The number of rotatable bonds is 7. The molecule has 2 aromatic carbocycles. The minimum absolute atomic E-state index is 0.123. The first-order chi connectivity index (χ1) is 11.4. The second-order valence-corrected chi connectivity index (χ2v) is 6.71. The smallest absolute Gasteiger partial charge is 0.173 e. The molecule has 0 aliphatic heterocycles. The molecule has 0 radical (unpaired) electrons. The van der Waals surface area contributed by atoms with Crippen LogP contribution >= 0.6 is 0 Å². The van der Waals surface area contributed by atoms with E-state index in [-0.39, 0.29) is 17.0 Å². The number of carbonyl (C=O) groups excluding carboxylic acids is 2. The van der Waals surface area contributed by atoms with Gasteiger partial charge in [0.1, 0.15) is 0 Å². The molecule has 0 N–H and O–H groups in total. The predicted molar refractivity (Wildman–Crippen MR) is 95.6 cm³/mol. The van der Waals surface area contributed by atoms with Crippen molar-refractivity contribution in [3.8, 4) is 0 Å². The van der Waals surface area contributed by atoms with E-state index in [1.54, 1.807) is 50.4 Å². The zero-order valence-electron chi connectivity index (χ0n) is 14.7. The molecule has 2 rings (SSSR count). The fourth-order valence-corrected chi connectivity index (χ4v) is 2.75. The van der Waals surface area contributed by atoms with Gasteiger partial charge in [-0.3, -0.25) is 9.59 Å². The summed E-state index contributed by atoms with van der Waals surface area (Å²) in [5, 5.41) is 0. The summed E-state index contributed by atoms with van der Waals surface area (Å²) < 4.78 is 5.25. The van der Waals surface area contributed by atoms with Crippen LogP contribution < -0.4 is 0 Å². The number of carbonyl (C=O) groups is 2. The zero-order chi connectivity index (χ0) is 17.7. The van der Waals surface area contributed by atoms with Gasteiger partial charge in [0.05, 0.1) is 12.5 Å². The van der Waals surface area contributed by atoms with E-state index in [1.165, 1.54) is 0 Å². The van der Waals surface area contributed by atoms with Crippen LogP contribution in [0, 0.1) is 5.92 Å². The van der Waals surface area contributed by atoms with Crippen molar-refractivity contribution in [2.24, 2.45) is 5.92 Å². The van der Waals surface area contributed by atoms with Crippen molar-refractivity contribution < 1.29 is 14.3 Å². The van der Waals surface area contributed by atoms with E-state index >= 15 is 0 Å². The van der Waals surface area contributed by atoms with Crippen molar-refractivity contribution in [1.82, 2.24) is 0 Å². The molecule has 0 aliphatic carbocycles. The van der Waals surface area contributed by atoms with Crippen molar-refractivity contribution in [3.05, 3.63) is 71.3 Å². The second kappa shape index (κ2) is 7.54. The molecule has 3 heteroatoms. The number of ketones is 2. The number of hydrogen-bond acceptors (Lipinski definition) is 3. The Balaban J connectivity index is 2.16. The molecule has 0 heterocycles. The van der Waals surface area contributed by atoms with Gasteiger partial charge in [0, 0.05) is 23.7 Å². The summed E-state index contributed by atoms with van der Waals surface area (Å²) in [6.07, 6.45) is 0. The number of methoxy groups -OCH3 is 1. The molecule has 0 amide bonds. The molecule has 0 bridgehead atoms. The number of hydrogen-bond donors (Lipinski definition) is 0. The van der Waals surface area contributed by atoms with Crippen LogP contribution in [0.25, 0.3) is 0 Å². The Morgan fingerprint density at radius 2 is 1.42 bits per heavy atom. The van der Waals surface area contributed by atoms with Gasteiger partial charge in [-0.2, -0.15) is 0 Å². The summed E-state index contributed by atoms with van der Waals surface area (Å²) in [5.41, 5.74) is 2.10. The van der Waals surface area contributed by atoms with E-state index in [0.717, 1.165) is 5.56 Å². The maximum absolute atomic E-state index is 12.6. The van der Waals surface area contributed by atoms with Crippen LogP contribution in [-0.4, -0.2) is 25.3 Å². The fourth-order valence-electron chi connectivity index (χ4n) is 2.75. The average molecular weight is 324 g/mol. The molecule has 24 heavy (non-hydrogen) atoms. The summed E-state index contributed by atoms with van der Waals surface area (Å²) in [5.74, 6) is -0.991. The molecule has 0 saturated carbocycles. The fraction of sp³-hybridized carbons (Fsp3) is 0.333. The van der Waals surface area contributed by atoms with E-state index in [4.69, 9.17) is 4.74 Å². The zero-order valence-corrected chi connectivity index (χ0v) is 14.7. The molecule has 0 spiro atoms. The minimum Gasteiger partial charge on any atom is -0.384 e. The van der Waals surface area contributed by atoms with Crippen LogP contribution in [-0.2, 0) is 10.2 Å². The average Bonchev–Trinajstić information content (AvgIpc) is 2.60. The summed E-state index contributed by atoms with van der Waals surface area (Å²) in [4.78, 5) is 25.0. The SMILES string of the molecule is COCC(C)(C)c1ccc(C(=O)C(C)C(=O)c2ccccc2)cc1. The van der Waals surface area contributed by atoms with Gasteiger partial charge in [-0.25, -0.2) is 0 Å². The summed E-state index contributed by atoms with van der Waals surface area (Å²) in [6, 6.07) is 16.4. The maximum atomic E-state index is 12.6.